The maximum absolute atomic E-state index is 11.7. The molecule has 1 unspecified atom stereocenters. The summed E-state index contributed by atoms with van der Waals surface area (Å²) in [5, 5.41) is 0. The van der Waals surface area contributed by atoms with E-state index in [9.17, 15) is 4.79 Å². The van der Waals surface area contributed by atoms with E-state index in [0.29, 0.717) is 17.9 Å². The molecule has 1 atom stereocenters. The number of allylic oxidation sites excluding steroid dienone is 1. The highest BCUT2D eigenvalue weighted by Gasteiger charge is 2.35. The van der Waals surface area contributed by atoms with Crippen molar-refractivity contribution in [3.63, 3.8) is 0 Å². The lowest BCUT2D eigenvalue weighted by atomic mass is 10.2. The molecule has 0 aromatic carbocycles. The van der Waals surface area contributed by atoms with E-state index in [0.717, 1.165) is 0 Å². The van der Waals surface area contributed by atoms with Crippen molar-refractivity contribution >= 4 is 14.1 Å². The van der Waals surface area contributed by atoms with Crippen molar-refractivity contribution in [2.24, 2.45) is 0 Å². The fraction of sp³-hybridized carbons (Fsp3) is 0.700. The second kappa shape index (κ2) is 3.77. The zero-order valence-corrected chi connectivity index (χ0v) is 10.5. The van der Waals surface area contributed by atoms with Crippen LogP contribution in [0.4, 0.5) is 0 Å². The molecule has 0 spiro atoms. The molecule has 4 heteroatoms. The van der Waals surface area contributed by atoms with Crippen LogP contribution in [-0.4, -0.2) is 20.2 Å². The minimum atomic E-state index is -1.71. The second-order valence-corrected chi connectivity index (χ2v) is 8.91. The average Bonchev–Trinajstić information content (AvgIpc) is 2.29. The molecule has 14 heavy (non-hydrogen) atoms. The highest BCUT2D eigenvalue weighted by molar-refractivity contribution is 6.70. The zero-order valence-electron chi connectivity index (χ0n) is 9.51. The topological polar surface area (TPSA) is 35.5 Å². The van der Waals surface area contributed by atoms with Crippen LogP contribution in [-0.2, 0) is 14.0 Å². The van der Waals surface area contributed by atoms with Gasteiger partial charge in [0.15, 0.2) is 11.9 Å². The van der Waals surface area contributed by atoms with E-state index in [1.54, 1.807) is 6.92 Å². The molecule has 0 saturated heterocycles. The summed E-state index contributed by atoms with van der Waals surface area (Å²) in [5.74, 6) is 1.10. The van der Waals surface area contributed by atoms with Gasteiger partial charge in [0.05, 0.1) is 0 Å². The van der Waals surface area contributed by atoms with Gasteiger partial charge in [0.25, 0.3) is 0 Å². The molecule has 0 aliphatic carbocycles. The van der Waals surface area contributed by atoms with Crippen molar-refractivity contribution in [3.05, 3.63) is 11.5 Å². The van der Waals surface area contributed by atoms with Gasteiger partial charge in [-0.15, -0.1) is 0 Å². The van der Waals surface area contributed by atoms with E-state index in [1.807, 2.05) is 6.92 Å². The summed E-state index contributed by atoms with van der Waals surface area (Å²) in [7, 11) is -1.71. The third-order valence-corrected chi connectivity index (χ3v) is 2.75. The lowest BCUT2D eigenvalue weighted by Gasteiger charge is -2.18. The van der Waals surface area contributed by atoms with E-state index in [1.165, 1.54) is 0 Å². The van der Waals surface area contributed by atoms with Crippen LogP contribution in [0.15, 0.2) is 11.5 Å². The number of ether oxygens (including phenoxy) is 1. The van der Waals surface area contributed by atoms with Gasteiger partial charge >= 0.3 is 0 Å². The van der Waals surface area contributed by atoms with Crippen molar-refractivity contribution in [2.45, 2.75) is 46.0 Å². The summed E-state index contributed by atoms with van der Waals surface area (Å²) in [5.41, 5.74) is 0. The third-order valence-electron chi connectivity index (χ3n) is 1.93. The van der Waals surface area contributed by atoms with Gasteiger partial charge < -0.3 is 9.16 Å². The lowest BCUT2D eigenvalue weighted by Crippen LogP contribution is -2.28. The number of carbonyl (C=O) groups is 1. The normalized spacial score (nSPS) is 22.6. The van der Waals surface area contributed by atoms with Gasteiger partial charge in [-0.05, 0) is 33.0 Å². The monoisotopic (exact) mass is 214 g/mol. The van der Waals surface area contributed by atoms with E-state index in [2.05, 4.69) is 19.6 Å². The van der Waals surface area contributed by atoms with Crippen LogP contribution in [0.3, 0.4) is 0 Å². The number of carbonyl (C=O) groups excluding carboxylic acids is 1. The second-order valence-electron chi connectivity index (χ2n) is 4.48. The van der Waals surface area contributed by atoms with E-state index in [-0.39, 0.29) is 11.9 Å². The molecular weight excluding hydrogens is 196 g/mol. The van der Waals surface area contributed by atoms with Gasteiger partial charge in [-0.3, -0.25) is 4.79 Å². The fourth-order valence-corrected chi connectivity index (χ4v) is 2.19. The molecule has 0 fully saturated rings. The first-order valence-corrected chi connectivity index (χ1v) is 8.36. The Hall–Kier alpha value is -0.773. The highest BCUT2D eigenvalue weighted by Crippen LogP contribution is 2.26. The molecule has 80 valence electrons. The van der Waals surface area contributed by atoms with Gasteiger partial charge in [0.1, 0.15) is 5.76 Å². The van der Waals surface area contributed by atoms with Gasteiger partial charge in [-0.25, -0.2) is 0 Å². The molecule has 0 N–H and O–H groups in total. The maximum atomic E-state index is 11.7. The van der Waals surface area contributed by atoms with E-state index >= 15 is 0 Å². The Labute approximate surface area is 86.2 Å². The standard InChI is InChI=1S/C10H18O3Si/c1-6-8-9(11)10(7(2)12-8)13-14(3,4)5/h8H,6H2,1-5H3. The molecule has 0 aromatic heterocycles. The Bertz CT molecular complexity index is 276. The quantitative estimate of drug-likeness (QED) is 0.677. The van der Waals surface area contributed by atoms with Crippen molar-refractivity contribution in [3.8, 4) is 0 Å². The lowest BCUT2D eigenvalue weighted by molar-refractivity contribution is -0.122. The predicted octanol–water partition coefficient (Wildman–Crippen LogP) is 2.45. The molecule has 0 amide bonds. The summed E-state index contributed by atoms with van der Waals surface area (Å²) in [6.07, 6.45) is 0.385. The molecule has 1 heterocycles. The van der Waals surface area contributed by atoms with Gasteiger partial charge in [-0.2, -0.15) is 0 Å². The maximum Gasteiger partial charge on any atom is 0.242 e. The molecule has 1 aliphatic heterocycles. The molecule has 1 rings (SSSR count). The molecule has 1 aliphatic rings. The molecular formula is C10H18O3Si. The molecule has 3 nitrogen and oxygen atoms in total. The van der Waals surface area contributed by atoms with Crippen LogP contribution in [0, 0.1) is 0 Å². The van der Waals surface area contributed by atoms with Crippen molar-refractivity contribution < 1.29 is 14.0 Å². The van der Waals surface area contributed by atoms with Gasteiger partial charge in [-0.1, -0.05) is 6.92 Å². The summed E-state index contributed by atoms with van der Waals surface area (Å²) in [4.78, 5) is 11.7. The summed E-state index contributed by atoms with van der Waals surface area (Å²) >= 11 is 0. The predicted molar refractivity (Wildman–Crippen MR) is 57.3 cm³/mol. The van der Waals surface area contributed by atoms with Crippen LogP contribution >= 0.6 is 0 Å². The largest absolute Gasteiger partial charge is 0.540 e. The van der Waals surface area contributed by atoms with Gasteiger partial charge in [0, 0.05) is 0 Å². The Balaban J connectivity index is 2.79. The highest BCUT2D eigenvalue weighted by atomic mass is 28.4. The third kappa shape index (κ3) is 2.38. The minimum absolute atomic E-state index is 0.00688. The van der Waals surface area contributed by atoms with Crippen LogP contribution in [0.1, 0.15) is 20.3 Å². The van der Waals surface area contributed by atoms with Crippen LogP contribution in [0.2, 0.25) is 19.6 Å². The average molecular weight is 214 g/mol. The Kier molecular flexibility index (Phi) is 3.04. The number of hydrogen-bond acceptors (Lipinski definition) is 3. The van der Waals surface area contributed by atoms with Crippen molar-refractivity contribution in [1.82, 2.24) is 0 Å². The van der Waals surface area contributed by atoms with Crippen molar-refractivity contribution in [1.29, 1.82) is 0 Å². The van der Waals surface area contributed by atoms with Crippen LogP contribution in [0.25, 0.3) is 0 Å². The first-order valence-electron chi connectivity index (χ1n) is 4.96. The fourth-order valence-electron chi connectivity index (χ4n) is 1.34. The minimum Gasteiger partial charge on any atom is -0.540 e. The first kappa shape index (κ1) is 11.3. The Morgan fingerprint density at radius 1 is 1.43 bits per heavy atom. The number of ketones is 1. The van der Waals surface area contributed by atoms with Crippen molar-refractivity contribution in [2.75, 3.05) is 0 Å². The number of Topliss-reactive ketones (excluding diaryl/α,β-unsaturated/α-hetero) is 1. The summed E-state index contributed by atoms with van der Waals surface area (Å²) in [6, 6.07) is 0. The SMILES string of the molecule is CCC1OC(C)=C(O[Si](C)(C)C)C1=O. The van der Waals surface area contributed by atoms with Gasteiger partial charge in [0.2, 0.25) is 14.1 Å². The molecule has 0 saturated carbocycles. The molecule has 0 aromatic rings. The summed E-state index contributed by atoms with van der Waals surface area (Å²) in [6.45, 7) is 9.90. The van der Waals surface area contributed by atoms with Crippen LogP contribution < -0.4 is 0 Å². The molecule has 0 bridgehead atoms. The molecule has 0 radical (unpaired) electrons. The zero-order chi connectivity index (χ0) is 10.9. The summed E-state index contributed by atoms with van der Waals surface area (Å²) < 4.78 is 11.1. The first-order chi connectivity index (χ1) is 6.35. The number of rotatable bonds is 3. The van der Waals surface area contributed by atoms with E-state index < -0.39 is 8.32 Å². The smallest absolute Gasteiger partial charge is 0.242 e. The Morgan fingerprint density at radius 3 is 2.36 bits per heavy atom. The van der Waals surface area contributed by atoms with E-state index in [4.69, 9.17) is 9.16 Å². The Morgan fingerprint density at radius 2 is 2.00 bits per heavy atom. The number of hydrogen-bond donors (Lipinski definition) is 0. The van der Waals surface area contributed by atoms with Crippen LogP contribution in [0.5, 0.6) is 0 Å².